The smallest absolute Gasteiger partial charge is 0.302 e. The lowest BCUT2D eigenvalue weighted by Gasteiger charge is -2.60. The summed E-state index contributed by atoms with van der Waals surface area (Å²) in [7, 11) is 0. The zero-order chi connectivity index (χ0) is 17.1. The molecule has 0 aromatic heterocycles. The third-order valence-corrected chi connectivity index (χ3v) is 8.52. The van der Waals surface area contributed by atoms with E-state index in [4.69, 9.17) is 4.74 Å². The number of ether oxygens (including phenoxy) is 1. The minimum Gasteiger partial charge on any atom is -0.463 e. The third kappa shape index (κ3) is 2.45. The molecule has 4 aliphatic rings. The SMILES string of the molecule is CC(=O)O[C@@H]1CC[C@@]2(C)[C@@H](CC[C@H]3[C@@H]4CC(=O)C[C@@]4(C)CC[C@@H]32)C1. The molecule has 0 aromatic carbocycles. The molecule has 0 unspecified atom stereocenters. The number of ketones is 1. The van der Waals surface area contributed by atoms with E-state index >= 15 is 0 Å². The maximum absolute atomic E-state index is 12.1. The minimum atomic E-state index is -0.129. The quantitative estimate of drug-likeness (QED) is 0.663. The fourth-order valence-electron chi connectivity index (χ4n) is 7.34. The lowest BCUT2D eigenvalue weighted by molar-refractivity contribution is -0.159. The standard InChI is InChI=1S/C21H32O3/c1-13(22)24-16-6-9-21(3)14(10-16)4-5-17-18(21)7-8-20(2)12-15(23)11-19(17)20/h14,16-19H,4-12H2,1-3H3/t14-,16+,17+,18-,19-,20+,21-/m0/s1. The van der Waals surface area contributed by atoms with Crippen LogP contribution in [0.1, 0.15) is 78.6 Å². The second-order valence-corrected chi connectivity index (χ2v) is 9.78. The van der Waals surface area contributed by atoms with Gasteiger partial charge in [0.2, 0.25) is 0 Å². The molecule has 0 N–H and O–H groups in total. The van der Waals surface area contributed by atoms with E-state index in [-0.39, 0.29) is 17.5 Å². The number of Topliss-reactive ketones (excluding diaryl/α,β-unsaturated/α-hetero) is 1. The van der Waals surface area contributed by atoms with Gasteiger partial charge < -0.3 is 4.74 Å². The summed E-state index contributed by atoms with van der Waals surface area (Å²) in [6, 6.07) is 0. The maximum atomic E-state index is 12.1. The van der Waals surface area contributed by atoms with Crippen molar-refractivity contribution in [1.29, 1.82) is 0 Å². The second kappa shape index (κ2) is 5.57. The molecule has 3 nitrogen and oxygen atoms in total. The van der Waals surface area contributed by atoms with Crippen LogP contribution in [0, 0.1) is 34.5 Å². The van der Waals surface area contributed by atoms with Crippen molar-refractivity contribution in [3.63, 3.8) is 0 Å². The predicted octanol–water partition coefficient (Wildman–Crippen LogP) is 4.53. The molecule has 24 heavy (non-hydrogen) atoms. The highest BCUT2D eigenvalue weighted by Crippen LogP contribution is 2.65. The average molecular weight is 332 g/mol. The van der Waals surface area contributed by atoms with Crippen molar-refractivity contribution in [1.82, 2.24) is 0 Å². The Morgan fingerprint density at radius 3 is 2.62 bits per heavy atom. The Labute approximate surface area is 145 Å². The molecule has 134 valence electrons. The van der Waals surface area contributed by atoms with Crippen LogP contribution in [0.25, 0.3) is 0 Å². The zero-order valence-corrected chi connectivity index (χ0v) is 15.5. The number of carbonyl (C=O) groups is 2. The highest BCUT2D eigenvalue weighted by atomic mass is 16.5. The van der Waals surface area contributed by atoms with Gasteiger partial charge in [-0.3, -0.25) is 9.59 Å². The fourth-order valence-corrected chi connectivity index (χ4v) is 7.34. The molecule has 7 atom stereocenters. The van der Waals surface area contributed by atoms with Crippen LogP contribution in [-0.4, -0.2) is 17.9 Å². The first-order chi connectivity index (χ1) is 11.3. The van der Waals surface area contributed by atoms with Gasteiger partial charge in [-0.15, -0.1) is 0 Å². The molecule has 0 heterocycles. The van der Waals surface area contributed by atoms with Crippen molar-refractivity contribution in [2.75, 3.05) is 0 Å². The number of rotatable bonds is 1. The van der Waals surface area contributed by atoms with E-state index in [2.05, 4.69) is 13.8 Å². The van der Waals surface area contributed by atoms with Crippen molar-refractivity contribution in [2.45, 2.75) is 84.7 Å². The number of fused-ring (bicyclic) bond motifs is 5. The Morgan fingerprint density at radius 2 is 1.88 bits per heavy atom. The first-order valence-corrected chi connectivity index (χ1v) is 10.0. The molecule has 4 saturated carbocycles. The molecular weight excluding hydrogens is 300 g/mol. The molecule has 0 saturated heterocycles. The Kier molecular flexibility index (Phi) is 3.85. The fraction of sp³-hybridized carbons (Fsp3) is 0.905. The molecule has 0 bridgehead atoms. The van der Waals surface area contributed by atoms with Crippen molar-refractivity contribution < 1.29 is 14.3 Å². The van der Waals surface area contributed by atoms with Gasteiger partial charge in [0.25, 0.3) is 0 Å². The monoisotopic (exact) mass is 332 g/mol. The van der Waals surface area contributed by atoms with E-state index in [1.165, 1.54) is 39.0 Å². The molecule has 0 aromatic rings. The minimum absolute atomic E-state index is 0.129. The van der Waals surface area contributed by atoms with Crippen LogP contribution < -0.4 is 0 Å². The molecule has 3 heteroatoms. The summed E-state index contributed by atoms with van der Waals surface area (Å²) in [6.45, 7) is 6.42. The molecule has 4 aliphatic carbocycles. The van der Waals surface area contributed by atoms with Crippen molar-refractivity contribution in [2.24, 2.45) is 34.5 Å². The summed E-state index contributed by atoms with van der Waals surface area (Å²) in [6.07, 6.45) is 10.2. The van der Waals surface area contributed by atoms with Gasteiger partial charge >= 0.3 is 5.97 Å². The van der Waals surface area contributed by atoms with Crippen LogP contribution in [0.2, 0.25) is 0 Å². The number of carbonyl (C=O) groups excluding carboxylic acids is 2. The van der Waals surface area contributed by atoms with Crippen LogP contribution in [-0.2, 0) is 14.3 Å². The van der Waals surface area contributed by atoms with Gasteiger partial charge in [0, 0.05) is 19.8 Å². The molecule has 0 radical (unpaired) electrons. The summed E-state index contributed by atoms with van der Waals surface area (Å²) in [5.41, 5.74) is 0.683. The van der Waals surface area contributed by atoms with Crippen LogP contribution >= 0.6 is 0 Å². The van der Waals surface area contributed by atoms with E-state index in [0.29, 0.717) is 23.0 Å². The van der Waals surface area contributed by atoms with Gasteiger partial charge in [0.1, 0.15) is 11.9 Å². The molecule has 0 aliphatic heterocycles. The van der Waals surface area contributed by atoms with Crippen LogP contribution in [0.5, 0.6) is 0 Å². The van der Waals surface area contributed by atoms with Gasteiger partial charge in [-0.05, 0) is 79.4 Å². The first-order valence-electron chi connectivity index (χ1n) is 10.0. The topological polar surface area (TPSA) is 43.4 Å². The summed E-state index contributed by atoms with van der Waals surface area (Å²) < 4.78 is 5.54. The number of esters is 1. The number of hydrogen-bond acceptors (Lipinski definition) is 3. The largest absolute Gasteiger partial charge is 0.463 e. The van der Waals surface area contributed by atoms with Crippen LogP contribution in [0.3, 0.4) is 0 Å². The van der Waals surface area contributed by atoms with Crippen molar-refractivity contribution in [3.8, 4) is 0 Å². The second-order valence-electron chi connectivity index (χ2n) is 9.78. The third-order valence-electron chi connectivity index (χ3n) is 8.52. The number of hydrogen-bond donors (Lipinski definition) is 0. The van der Waals surface area contributed by atoms with Gasteiger partial charge in [-0.1, -0.05) is 13.8 Å². The predicted molar refractivity (Wildman–Crippen MR) is 92.3 cm³/mol. The highest BCUT2D eigenvalue weighted by molar-refractivity contribution is 5.82. The molecule has 0 amide bonds. The van der Waals surface area contributed by atoms with E-state index in [1.54, 1.807) is 0 Å². The lowest BCUT2D eigenvalue weighted by Crippen LogP contribution is -2.53. The normalized spacial score (nSPS) is 50.6. The molecule has 0 spiro atoms. The van der Waals surface area contributed by atoms with Gasteiger partial charge in [-0.25, -0.2) is 0 Å². The van der Waals surface area contributed by atoms with Gasteiger partial charge in [-0.2, -0.15) is 0 Å². The van der Waals surface area contributed by atoms with Crippen molar-refractivity contribution in [3.05, 3.63) is 0 Å². The van der Waals surface area contributed by atoms with Gasteiger partial charge in [0.05, 0.1) is 0 Å². The first kappa shape index (κ1) is 16.6. The maximum Gasteiger partial charge on any atom is 0.302 e. The Hall–Kier alpha value is -0.860. The molecule has 4 fully saturated rings. The van der Waals surface area contributed by atoms with E-state index in [0.717, 1.165) is 37.5 Å². The summed E-state index contributed by atoms with van der Waals surface area (Å²) in [5.74, 6) is 3.23. The Morgan fingerprint density at radius 1 is 1.08 bits per heavy atom. The summed E-state index contributed by atoms with van der Waals surface area (Å²) >= 11 is 0. The van der Waals surface area contributed by atoms with E-state index in [1.807, 2.05) is 0 Å². The summed E-state index contributed by atoms with van der Waals surface area (Å²) in [4.78, 5) is 23.5. The van der Waals surface area contributed by atoms with E-state index in [9.17, 15) is 9.59 Å². The average Bonchev–Trinajstić information content (AvgIpc) is 2.81. The van der Waals surface area contributed by atoms with Gasteiger partial charge in [0.15, 0.2) is 0 Å². The zero-order valence-electron chi connectivity index (χ0n) is 15.5. The summed E-state index contributed by atoms with van der Waals surface area (Å²) in [5, 5.41) is 0. The lowest BCUT2D eigenvalue weighted by atomic mass is 9.45. The van der Waals surface area contributed by atoms with Crippen molar-refractivity contribution >= 4 is 11.8 Å². The highest BCUT2D eigenvalue weighted by Gasteiger charge is 2.59. The van der Waals surface area contributed by atoms with Crippen LogP contribution in [0.15, 0.2) is 0 Å². The van der Waals surface area contributed by atoms with E-state index < -0.39 is 0 Å². The molecular formula is C21H32O3. The van der Waals surface area contributed by atoms with Crippen LogP contribution in [0.4, 0.5) is 0 Å². The molecule has 4 rings (SSSR count). The Balaban J connectivity index is 1.54. The Bertz CT molecular complexity index is 555.